The van der Waals surface area contributed by atoms with Crippen LogP contribution in [0.3, 0.4) is 0 Å². The van der Waals surface area contributed by atoms with Gasteiger partial charge in [0.05, 0.1) is 10.5 Å². The molecule has 7 nitrogen and oxygen atoms in total. The van der Waals surface area contributed by atoms with Gasteiger partial charge in [0.1, 0.15) is 5.69 Å². The van der Waals surface area contributed by atoms with E-state index in [-0.39, 0.29) is 17.5 Å². The number of piperidine rings is 1. The fourth-order valence-corrected chi connectivity index (χ4v) is 3.62. The largest absolute Gasteiger partial charge is 0.416 e. The predicted molar refractivity (Wildman–Crippen MR) is 92.5 cm³/mol. The molecule has 0 atom stereocenters. The van der Waals surface area contributed by atoms with Gasteiger partial charge in [-0.15, -0.1) is 0 Å². The third-order valence-corrected chi connectivity index (χ3v) is 5.11. The van der Waals surface area contributed by atoms with Gasteiger partial charge < -0.3 is 15.1 Å². The van der Waals surface area contributed by atoms with Crippen molar-refractivity contribution in [3.63, 3.8) is 0 Å². The van der Waals surface area contributed by atoms with Gasteiger partial charge in [-0.2, -0.15) is 13.2 Å². The minimum absolute atomic E-state index is 0.0954. The van der Waals surface area contributed by atoms with Crippen LogP contribution in [0.25, 0.3) is 0 Å². The Bertz CT molecular complexity index is 712. The normalized spacial score (nSPS) is 19.2. The van der Waals surface area contributed by atoms with Gasteiger partial charge in [0.25, 0.3) is 5.69 Å². The van der Waals surface area contributed by atoms with Crippen molar-refractivity contribution in [2.45, 2.75) is 19.0 Å². The Kier molecular flexibility index (Phi) is 5.54. The number of nitro benzene ring substituents is 1. The van der Waals surface area contributed by atoms with Gasteiger partial charge in [-0.05, 0) is 25.0 Å². The Labute approximate surface area is 154 Å². The van der Waals surface area contributed by atoms with E-state index in [9.17, 15) is 28.1 Å². The zero-order valence-corrected chi connectivity index (χ0v) is 14.7. The highest BCUT2D eigenvalue weighted by Crippen LogP contribution is 2.37. The molecule has 2 heterocycles. The third kappa shape index (κ3) is 4.32. The Morgan fingerprint density at radius 3 is 2.33 bits per heavy atom. The monoisotopic (exact) mass is 386 g/mol. The smallest absolute Gasteiger partial charge is 0.366 e. The van der Waals surface area contributed by atoms with E-state index in [1.807, 2.05) is 4.90 Å². The summed E-state index contributed by atoms with van der Waals surface area (Å²) in [7, 11) is 0. The summed E-state index contributed by atoms with van der Waals surface area (Å²) in [5, 5.41) is 14.5. The van der Waals surface area contributed by atoms with Crippen molar-refractivity contribution in [2.24, 2.45) is 5.92 Å². The standard InChI is InChI=1S/C17H21F3N4O3/c18-17(19,20)13-1-2-14(15(11-13)24(26)27)22-7-3-12(4-8-22)16(25)23-9-5-21-6-10-23/h1-2,11-12,21H,3-10H2. The highest BCUT2D eigenvalue weighted by Gasteiger charge is 2.35. The number of halogens is 3. The van der Waals surface area contributed by atoms with Crippen LogP contribution in [-0.4, -0.2) is 55.0 Å². The number of anilines is 1. The Hall–Kier alpha value is -2.36. The summed E-state index contributed by atoms with van der Waals surface area (Å²) >= 11 is 0. The van der Waals surface area contributed by atoms with Gasteiger partial charge in [-0.1, -0.05) is 0 Å². The number of piperazine rings is 1. The van der Waals surface area contributed by atoms with E-state index < -0.39 is 22.4 Å². The molecule has 3 rings (SSSR count). The molecule has 27 heavy (non-hydrogen) atoms. The molecule has 148 valence electrons. The van der Waals surface area contributed by atoms with E-state index in [4.69, 9.17) is 0 Å². The molecular formula is C17H21F3N4O3. The first kappa shape index (κ1) is 19.4. The van der Waals surface area contributed by atoms with Crippen LogP contribution in [0.15, 0.2) is 18.2 Å². The van der Waals surface area contributed by atoms with Crippen LogP contribution >= 0.6 is 0 Å². The van der Waals surface area contributed by atoms with Crippen molar-refractivity contribution >= 4 is 17.3 Å². The van der Waals surface area contributed by atoms with E-state index in [1.54, 1.807) is 4.90 Å². The summed E-state index contributed by atoms with van der Waals surface area (Å²) in [4.78, 5) is 26.6. The van der Waals surface area contributed by atoms with Crippen molar-refractivity contribution in [1.29, 1.82) is 0 Å². The molecule has 2 aliphatic rings. The Morgan fingerprint density at radius 1 is 1.15 bits per heavy atom. The number of nitro groups is 1. The number of nitrogens with zero attached hydrogens (tertiary/aromatic N) is 3. The molecular weight excluding hydrogens is 365 g/mol. The SMILES string of the molecule is O=C(C1CCN(c2ccc(C(F)(F)F)cc2[N+](=O)[O-])CC1)N1CCNCC1. The predicted octanol–water partition coefficient (Wildman–Crippen LogP) is 2.26. The highest BCUT2D eigenvalue weighted by molar-refractivity contribution is 5.79. The van der Waals surface area contributed by atoms with Crippen molar-refractivity contribution in [2.75, 3.05) is 44.2 Å². The quantitative estimate of drug-likeness (QED) is 0.637. The van der Waals surface area contributed by atoms with Crippen LogP contribution < -0.4 is 10.2 Å². The number of carbonyl (C=O) groups is 1. The van der Waals surface area contributed by atoms with Crippen LogP contribution in [0, 0.1) is 16.0 Å². The number of carbonyl (C=O) groups excluding carboxylic acids is 1. The van der Waals surface area contributed by atoms with Crippen LogP contribution in [0.1, 0.15) is 18.4 Å². The fraction of sp³-hybridized carbons (Fsp3) is 0.588. The number of benzene rings is 1. The number of nitrogens with one attached hydrogen (secondary N) is 1. The number of amides is 1. The summed E-state index contributed by atoms with van der Waals surface area (Å²) in [6, 6.07) is 2.59. The van der Waals surface area contributed by atoms with E-state index in [2.05, 4.69) is 5.32 Å². The van der Waals surface area contributed by atoms with Gasteiger partial charge in [-0.3, -0.25) is 14.9 Å². The maximum absolute atomic E-state index is 12.8. The van der Waals surface area contributed by atoms with Gasteiger partial charge in [0.2, 0.25) is 5.91 Å². The zero-order valence-electron chi connectivity index (χ0n) is 14.7. The first-order valence-corrected chi connectivity index (χ1v) is 8.87. The summed E-state index contributed by atoms with van der Waals surface area (Å²) in [6.07, 6.45) is -3.58. The van der Waals surface area contributed by atoms with E-state index >= 15 is 0 Å². The number of hydrogen-bond acceptors (Lipinski definition) is 5. The molecule has 0 aromatic heterocycles. The lowest BCUT2D eigenvalue weighted by atomic mass is 9.94. The summed E-state index contributed by atoms with van der Waals surface area (Å²) < 4.78 is 38.5. The van der Waals surface area contributed by atoms with Gasteiger partial charge in [0, 0.05) is 51.3 Å². The zero-order chi connectivity index (χ0) is 19.6. The first-order valence-electron chi connectivity index (χ1n) is 8.87. The molecule has 1 aromatic rings. The molecule has 2 fully saturated rings. The van der Waals surface area contributed by atoms with E-state index in [0.717, 1.165) is 25.2 Å². The second-order valence-electron chi connectivity index (χ2n) is 6.79. The Balaban J connectivity index is 1.70. The molecule has 0 radical (unpaired) electrons. The van der Waals surface area contributed by atoms with Gasteiger partial charge in [-0.25, -0.2) is 0 Å². The molecule has 1 N–H and O–H groups in total. The third-order valence-electron chi connectivity index (χ3n) is 5.11. The second-order valence-corrected chi connectivity index (χ2v) is 6.79. The van der Waals surface area contributed by atoms with Crippen LogP contribution in [0.2, 0.25) is 0 Å². The second kappa shape index (κ2) is 7.71. The highest BCUT2D eigenvalue weighted by atomic mass is 19.4. The Morgan fingerprint density at radius 2 is 1.78 bits per heavy atom. The topological polar surface area (TPSA) is 78.7 Å². The molecule has 0 aliphatic carbocycles. The maximum Gasteiger partial charge on any atom is 0.416 e. The molecule has 0 bridgehead atoms. The summed E-state index contributed by atoms with van der Waals surface area (Å²) in [5.74, 6) is -0.0501. The summed E-state index contributed by atoms with van der Waals surface area (Å²) in [5.41, 5.74) is -1.43. The van der Waals surface area contributed by atoms with Gasteiger partial charge >= 0.3 is 6.18 Å². The molecule has 2 saturated heterocycles. The first-order chi connectivity index (χ1) is 12.8. The lowest BCUT2D eigenvalue weighted by Gasteiger charge is -2.36. The minimum Gasteiger partial charge on any atom is -0.366 e. The molecule has 0 saturated carbocycles. The number of hydrogen-bond donors (Lipinski definition) is 1. The molecule has 0 spiro atoms. The molecule has 1 aromatic carbocycles. The lowest BCUT2D eigenvalue weighted by Crippen LogP contribution is -2.50. The van der Waals surface area contributed by atoms with Crippen molar-refractivity contribution in [3.8, 4) is 0 Å². The summed E-state index contributed by atoms with van der Waals surface area (Å²) in [6.45, 7) is 3.67. The number of alkyl halides is 3. The fourth-order valence-electron chi connectivity index (χ4n) is 3.62. The molecule has 0 unspecified atom stereocenters. The van der Waals surface area contributed by atoms with Crippen molar-refractivity contribution in [3.05, 3.63) is 33.9 Å². The van der Waals surface area contributed by atoms with Crippen molar-refractivity contribution in [1.82, 2.24) is 10.2 Å². The van der Waals surface area contributed by atoms with E-state index in [1.165, 1.54) is 0 Å². The molecule has 10 heteroatoms. The van der Waals surface area contributed by atoms with Crippen LogP contribution in [0.5, 0.6) is 0 Å². The number of rotatable bonds is 3. The van der Waals surface area contributed by atoms with Crippen LogP contribution in [0.4, 0.5) is 24.5 Å². The van der Waals surface area contributed by atoms with Crippen molar-refractivity contribution < 1.29 is 22.9 Å². The lowest BCUT2D eigenvalue weighted by molar-refractivity contribution is -0.384. The average molecular weight is 386 g/mol. The molecule has 1 amide bonds. The maximum atomic E-state index is 12.8. The minimum atomic E-state index is -4.63. The molecule has 2 aliphatic heterocycles. The van der Waals surface area contributed by atoms with Gasteiger partial charge in [0.15, 0.2) is 0 Å². The average Bonchev–Trinajstić information content (AvgIpc) is 2.67. The van der Waals surface area contributed by atoms with E-state index in [0.29, 0.717) is 45.1 Å². The van der Waals surface area contributed by atoms with Crippen LogP contribution in [-0.2, 0) is 11.0 Å².